The Morgan fingerprint density at radius 2 is 2.00 bits per heavy atom. The smallest absolute Gasteiger partial charge is 0.272 e. The van der Waals surface area contributed by atoms with Crippen molar-refractivity contribution in [1.29, 1.82) is 0 Å². The molecule has 2 aromatic carbocycles. The summed E-state index contributed by atoms with van der Waals surface area (Å²) in [5.41, 5.74) is 6.10. The van der Waals surface area contributed by atoms with Gasteiger partial charge in [-0.2, -0.15) is 5.10 Å². The number of nitrogens with one attached hydrogen (secondary N) is 1. The van der Waals surface area contributed by atoms with Gasteiger partial charge in [0.15, 0.2) is 0 Å². The van der Waals surface area contributed by atoms with Crippen LogP contribution in [0.4, 0.5) is 0 Å². The third-order valence-electron chi connectivity index (χ3n) is 3.70. The van der Waals surface area contributed by atoms with Crippen LogP contribution in [0, 0.1) is 13.8 Å². The molecule has 0 aliphatic carbocycles. The van der Waals surface area contributed by atoms with Crippen molar-refractivity contribution in [2.45, 2.75) is 13.8 Å². The second kappa shape index (κ2) is 7.03. The molecule has 2 N–H and O–H groups in total. The molecule has 6 heteroatoms. The average molecular weight is 398 g/mol. The number of pyridine rings is 1. The lowest BCUT2D eigenvalue weighted by Gasteiger charge is -2.07. The Kier molecular flexibility index (Phi) is 4.81. The monoisotopic (exact) mass is 397 g/mol. The topological polar surface area (TPSA) is 74.6 Å². The number of hydrogen-bond donors (Lipinski definition) is 2. The van der Waals surface area contributed by atoms with Crippen LogP contribution < -0.4 is 5.43 Å². The summed E-state index contributed by atoms with van der Waals surface area (Å²) in [7, 11) is 0. The van der Waals surface area contributed by atoms with E-state index >= 15 is 0 Å². The molecule has 0 saturated heterocycles. The van der Waals surface area contributed by atoms with E-state index in [1.54, 1.807) is 24.3 Å². The van der Waals surface area contributed by atoms with Gasteiger partial charge >= 0.3 is 0 Å². The maximum absolute atomic E-state index is 12.5. The predicted octanol–water partition coefficient (Wildman–Crippen LogP) is 4.08. The summed E-state index contributed by atoms with van der Waals surface area (Å²) < 4.78 is 0.810. The van der Waals surface area contributed by atoms with E-state index in [1.165, 1.54) is 6.21 Å². The maximum atomic E-state index is 12.5. The number of phenols is 1. The Balaban J connectivity index is 1.89. The highest BCUT2D eigenvalue weighted by Gasteiger charge is 2.11. The molecule has 0 bridgehead atoms. The number of hydrogen-bond acceptors (Lipinski definition) is 4. The Morgan fingerprint density at radius 1 is 1.20 bits per heavy atom. The van der Waals surface area contributed by atoms with Gasteiger partial charge in [0.2, 0.25) is 0 Å². The molecule has 1 aromatic heterocycles. The maximum Gasteiger partial charge on any atom is 0.272 e. The Hall–Kier alpha value is -2.73. The molecule has 25 heavy (non-hydrogen) atoms. The quantitative estimate of drug-likeness (QED) is 0.516. The number of fused-ring (bicyclic) bond motifs is 1. The first-order valence-electron chi connectivity index (χ1n) is 7.64. The van der Waals surface area contributed by atoms with Crippen LogP contribution in [0.15, 0.2) is 52.0 Å². The van der Waals surface area contributed by atoms with Crippen molar-refractivity contribution in [2.75, 3.05) is 0 Å². The molecule has 0 aliphatic heterocycles. The van der Waals surface area contributed by atoms with Crippen LogP contribution in [-0.4, -0.2) is 22.2 Å². The zero-order valence-corrected chi connectivity index (χ0v) is 15.3. The second-order valence-electron chi connectivity index (χ2n) is 5.73. The molecule has 0 fully saturated rings. The number of carbonyl (C=O) groups is 1. The van der Waals surface area contributed by atoms with Gasteiger partial charge in [0.25, 0.3) is 5.91 Å². The Bertz CT molecular complexity index is 999. The molecule has 126 valence electrons. The van der Waals surface area contributed by atoms with Crippen molar-refractivity contribution in [2.24, 2.45) is 5.10 Å². The number of phenolic OH excluding ortho intramolecular Hbond substituents is 1. The second-order valence-corrected chi connectivity index (χ2v) is 6.65. The van der Waals surface area contributed by atoms with Crippen LogP contribution in [0.1, 0.15) is 27.2 Å². The first-order chi connectivity index (χ1) is 11.9. The number of nitrogens with zero attached hydrogens (tertiary/aromatic N) is 2. The van der Waals surface area contributed by atoms with Crippen LogP contribution >= 0.6 is 15.9 Å². The van der Waals surface area contributed by atoms with Gasteiger partial charge in [0.05, 0.1) is 17.3 Å². The first kappa shape index (κ1) is 17.1. The molecule has 0 atom stereocenters. The minimum atomic E-state index is -0.327. The summed E-state index contributed by atoms with van der Waals surface area (Å²) in [5.74, 6) is -0.242. The van der Waals surface area contributed by atoms with Crippen LogP contribution in [-0.2, 0) is 0 Å². The van der Waals surface area contributed by atoms with E-state index in [0.29, 0.717) is 11.1 Å². The van der Waals surface area contributed by atoms with Crippen molar-refractivity contribution in [3.63, 3.8) is 0 Å². The largest absolute Gasteiger partial charge is 0.507 e. The third-order valence-corrected chi connectivity index (χ3v) is 4.19. The Morgan fingerprint density at radius 3 is 2.80 bits per heavy atom. The summed E-state index contributed by atoms with van der Waals surface area (Å²) in [6.45, 7) is 3.81. The number of aromatic hydroxyl groups is 1. The van der Waals surface area contributed by atoms with Gasteiger partial charge < -0.3 is 5.11 Å². The molecule has 0 aliphatic rings. The zero-order valence-electron chi connectivity index (χ0n) is 13.7. The number of halogens is 1. The molecule has 0 saturated carbocycles. The van der Waals surface area contributed by atoms with E-state index < -0.39 is 0 Å². The number of amides is 1. The number of carbonyl (C=O) groups excluding carboxylic acids is 1. The standard InChI is InChI=1S/C19H16BrN3O2/c1-11-3-5-17-15(7-11)16(8-12(2)22-17)19(25)23-21-10-13-9-14(20)4-6-18(13)24/h3-10,24H,1-2H3,(H,23,25). The van der Waals surface area contributed by atoms with E-state index in [1.807, 2.05) is 32.0 Å². The molecule has 0 spiro atoms. The fourth-order valence-electron chi connectivity index (χ4n) is 2.51. The van der Waals surface area contributed by atoms with E-state index in [2.05, 4.69) is 31.4 Å². The van der Waals surface area contributed by atoms with Crippen molar-refractivity contribution in [1.82, 2.24) is 10.4 Å². The fraction of sp³-hybridized carbons (Fsp3) is 0.105. The van der Waals surface area contributed by atoms with E-state index in [0.717, 1.165) is 26.6 Å². The van der Waals surface area contributed by atoms with Crippen molar-refractivity contribution in [3.8, 4) is 5.75 Å². The highest BCUT2D eigenvalue weighted by atomic mass is 79.9. The summed E-state index contributed by atoms with van der Waals surface area (Å²) >= 11 is 3.33. The van der Waals surface area contributed by atoms with Crippen LogP contribution in [0.3, 0.4) is 0 Å². The lowest BCUT2D eigenvalue weighted by Crippen LogP contribution is -2.18. The minimum Gasteiger partial charge on any atom is -0.507 e. The van der Waals surface area contributed by atoms with Crippen molar-refractivity contribution < 1.29 is 9.90 Å². The summed E-state index contributed by atoms with van der Waals surface area (Å²) in [6, 6.07) is 12.5. The van der Waals surface area contributed by atoms with Gasteiger partial charge in [-0.1, -0.05) is 27.6 Å². The average Bonchev–Trinajstić information content (AvgIpc) is 2.57. The van der Waals surface area contributed by atoms with E-state index in [4.69, 9.17) is 0 Å². The van der Waals surface area contributed by atoms with Gasteiger partial charge in [0, 0.05) is 21.1 Å². The van der Waals surface area contributed by atoms with Crippen molar-refractivity contribution in [3.05, 3.63) is 69.3 Å². The SMILES string of the molecule is Cc1ccc2nc(C)cc(C(=O)NN=Cc3cc(Br)ccc3O)c2c1. The normalized spacial score (nSPS) is 11.2. The Labute approximate surface area is 153 Å². The van der Waals surface area contributed by atoms with Gasteiger partial charge in [0.1, 0.15) is 5.75 Å². The molecule has 0 radical (unpaired) electrons. The van der Waals surface area contributed by atoms with E-state index in [9.17, 15) is 9.90 Å². The molecule has 3 rings (SSSR count). The molecule has 0 unspecified atom stereocenters. The van der Waals surface area contributed by atoms with Gasteiger partial charge in [-0.25, -0.2) is 5.43 Å². The molecule has 5 nitrogen and oxygen atoms in total. The van der Waals surface area contributed by atoms with Gasteiger partial charge in [-0.3, -0.25) is 9.78 Å². The first-order valence-corrected chi connectivity index (χ1v) is 8.43. The molecule has 1 heterocycles. The molecular formula is C19H16BrN3O2. The zero-order chi connectivity index (χ0) is 18.0. The van der Waals surface area contributed by atoms with Gasteiger partial charge in [-0.15, -0.1) is 0 Å². The number of aryl methyl sites for hydroxylation is 2. The lowest BCUT2D eigenvalue weighted by molar-refractivity contribution is 0.0956. The van der Waals surface area contributed by atoms with Crippen LogP contribution in [0.5, 0.6) is 5.75 Å². The minimum absolute atomic E-state index is 0.0852. The number of aromatic nitrogens is 1. The highest BCUT2D eigenvalue weighted by Crippen LogP contribution is 2.21. The summed E-state index contributed by atoms with van der Waals surface area (Å²) in [4.78, 5) is 17.0. The summed E-state index contributed by atoms with van der Waals surface area (Å²) in [6.07, 6.45) is 1.40. The fourth-order valence-corrected chi connectivity index (χ4v) is 2.89. The van der Waals surface area contributed by atoms with Crippen molar-refractivity contribution >= 4 is 39.0 Å². The molecule has 1 amide bonds. The molecular weight excluding hydrogens is 382 g/mol. The van der Waals surface area contributed by atoms with Gasteiger partial charge in [-0.05, 0) is 50.2 Å². The summed E-state index contributed by atoms with van der Waals surface area (Å²) in [5, 5.41) is 14.5. The highest BCUT2D eigenvalue weighted by molar-refractivity contribution is 9.10. The number of hydrazone groups is 1. The van der Waals surface area contributed by atoms with Crippen LogP contribution in [0.2, 0.25) is 0 Å². The predicted molar refractivity (Wildman–Crippen MR) is 102 cm³/mol. The lowest BCUT2D eigenvalue weighted by atomic mass is 10.1. The molecule has 3 aromatic rings. The van der Waals surface area contributed by atoms with E-state index in [-0.39, 0.29) is 11.7 Å². The number of rotatable bonds is 3. The third kappa shape index (κ3) is 3.85. The van der Waals surface area contributed by atoms with Crippen LogP contribution in [0.25, 0.3) is 10.9 Å². The number of benzene rings is 2.